The topological polar surface area (TPSA) is 59.8 Å². The highest BCUT2D eigenvalue weighted by molar-refractivity contribution is 6.32. The fraction of sp³-hybridized carbons (Fsp3) is 0.0952. The van der Waals surface area contributed by atoms with Gasteiger partial charge in [-0.2, -0.15) is 0 Å². The van der Waals surface area contributed by atoms with Crippen molar-refractivity contribution in [3.8, 4) is 5.69 Å². The highest BCUT2D eigenvalue weighted by atomic mass is 35.5. The molecule has 0 radical (unpaired) electrons. The zero-order chi connectivity index (χ0) is 19.8. The number of nitrogens with zero attached hydrogens (tertiary/aromatic N) is 3. The molecule has 28 heavy (non-hydrogen) atoms. The number of hydrogen-bond donors (Lipinski definition) is 1. The highest BCUT2D eigenvalue weighted by Gasteiger charge is 2.16. The van der Waals surface area contributed by atoms with Crippen molar-refractivity contribution < 1.29 is 9.18 Å². The van der Waals surface area contributed by atoms with Crippen LogP contribution in [-0.4, -0.2) is 20.4 Å². The number of aryl methyl sites for hydroxylation is 2. The van der Waals surface area contributed by atoms with E-state index in [1.165, 1.54) is 6.07 Å². The van der Waals surface area contributed by atoms with Crippen LogP contribution in [0.2, 0.25) is 5.02 Å². The first-order valence-corrected chi connectivity index (χ1v) is 8.99. The molecule has 2 aromatic heterocycles. The number of fused-ring (bicyclic) bond motifs is 1. The Morgan fingerprint density at radius 3 is 2.75 bits per heavy atom. The molecular weight excluding hydrogens is 379 g/mol. The molecule has 0 unspecified atom stereocenters. The van der Waals surface area contributed by atoms with Crippen LogP contribution >= 0.6 is 11.6 Å². The van der Waals surface area contributed by atoms with E-state index in [-0.39, 0.29) is 11.7 Å². The summed E-state index contributed by atoms with van der Waals surface area (Å²) in [6, 6.07) is 13.2. The standard InChI is InChI=1S/C21H16ClFN4O/c1-12-5-7-15(11-17(12)23)26-21(28)14-6-8-16(22)19(10-14)27-13(2)25-18-4-3-9-24-20(18)27/h3-11H,1-2H3,(H,26,28). The van der Waals surface area contributed by atoms with Gasteiger partial charge in [0, 0.05) is 17.4 Å². The number of rotatable bonds is 3. The molecule has 0 saturated carbocycles. The third-order valence-electron chi connectivity index (χ3n) is 4.46. The van der Waals surface area contributed by atoms with Gasteiger partial charge in [0.25, 0.3) is 5.91 Å². The predicted molar refractivity (Wildman–Crippen MR) is 108 cm³/mol. The number of anilines is 1. The van der Waals surface area contributed by atoms with E-state index < -0.39 is 0 Å². The molecule has 0 aliphatic rings. The summed E-state index contributed by atoms with van der Waals surface area (Å²) in [6.45, 7) is 3.51. The molecule has 1 amide bonds. The van der Waals surface area contributed by atoms with Gasteiger partial charge >= 0.3 is 0 Å². The summed E-state index contributed by atoms with van der Waals surface area (Å²) in [5.41, 5.74) is 3.28. The van der Waals surface area contributed by atoms with Crippen molar-refractivity contribution in [2.24, 2.45) is 0 Å². The molecule has 4 aromatic rings. The third kappa shape index (κ3) is 3.23. The van der Waals surface area contributed by atoms with Gasteiger partial charge in [0.2, 0.25) is 0 Å². The number of pyridine rings is 1. The predicted octanol–water partition coefficient (Wildman–Crippen LogP) is 5.08. The van der Waals surface area contributed by atoms with E-state index in [0.29, 0.717) is 39.0 Å². The van der Waals surface area contributed by atoms with Crippen molar-refractivity contribution in [1.29, 1.82) is 0 Å². The summed E-state index contributed by atoms with van der Waals surface area (Å²) in [4.78, 5) is 21.5. The zero-order valence-corrected chi connectivity index (χ0v) is 16.0. The maximum Gasteiger partial charge on any atom is 0.255 e. The quantitative estimate of drug-likeness (QED) is 0.527. The molecule has 0 aliphatic heterocycles. The second kappa shape index (κ2) is 7.05. The van der Waals surface area contributed by atoms with E-state index in [9.17, 15) is 9.18 Å². The number of amides is 1. The van der Waals surface area contributed by atoms with Crippen LogP contribution in [-0.2, 0) is 0 Å². The molecule has 2 aromatic carbocycles. The second-order valence-corrected chi connectivity index (χ2v) is 6.83. The van der Waals surface area contributed by atoms with Crippen LogP contribution < -0.4 is 5.32 Å². The minimum atomic E-state index is -0.374. The van der Waals surface area contributed by atoms with E-state index in [0.717, 1.165) is 5.52 Å². The van der Waals surface area contributed by atoms with Crippen LogP contribution in [0.3, 0.4) is 0 Å². The lowest BCUT2D eigenvalue weighted by Gasteiger charge is -2.11. The SMILES string of the molecule is Cc1ccc(NC(=O)c2ccc(Cl)c(-n3c(C)nc4cccnc43)c2)cc1F. The Morgan fingerprint density at radius 1 is 1.14 bits per heavy atom. The Morgan fingerprint density at radius 2 is 1.96 bits per heavy atom. The summed E-state index contributed by atoms with van der Waals surface area (Å²) < 4.78 is 15.5. The summed E-state index contributed by atoms with van der Waals surface area (Å²) in [5.74, 6) is -0.0360. The van der Waals surface area contributed by atoms with E-state index >= 15 is 0 Å². The van der Waals surface area contributed by atoms with Crippen molar-refractivity contribution in [2.75, 3.05) is 5.32 Å². The van der Waals surface area contributed by atoms with Gasteiger partial charge in [0.1, 0.15) is 17.2 Å². The summed E-state index contributed by atoms with van der Waals surface area (Å²) in [6.07, 6.45) is 1.68. The minimum Gasteiger partial charge on any atom is -0.322 e. The van der Waals surface area contributed by atoms with Gasteiger partial charge in [-0.1, -0.05) is 17.7 Å². The monoisotopic (exact) mass is 394 g/mol. The molecule has 0 spiro atoms. The molecule has 2 heterocycles. The molecule has 7 heteroatoms. The maximum absolute atomic E-state index is 13.7. The first-order valence-electron chi connectivity index (χ1n) is 8.61. The number of benzene rings is 2. The maximum atomic E-state index is 13.7. The molecule has 0 atom stereocenters. The largest absolute Gasteiger partial charge is 0.322 e. The van der Waals surface area contributed by atoms with E-state index in [1.807, 2.05) is 19.1 Å². The Kier molecular flexibility index (Phi) is 4.57. The summed E-state index contributed by atoms with van der Waals surface area (Å²) >= 11 is 6.41. The van der Waals surface area contributed by atoms with Gasteiger partial charge in [-0.15, -0.1) is 0 Å². The average molecular weight is 395 g/mol. The summed E-state index contributed by atoms with van der Waals surface area (Å²) in [7, 11) is 0. The average Bonchev–Trinajstić information content (AvgIpc) is 3.01. The van der Waals surface area contributed by atoms with Crippen molar-refractivity contribution in [3.63, 3.8) is 0 Å². The van der Waals surface area contributed by atoms with Crippen LogP contribution in [0.1, 0.15) is 21.7 Å². The fourth-order valence-electron chi connectivity index (χ4n) is 3.01. The molecule has 4 rings (SSSR count). The van der Waals surface area contributed by atoms with Crippen molar-refractivity contribution in [3.05, 3.63) is 82.5 Å². The van der Waals surface area contributed by atoms with E-state index in [1.54, 1.807) is 48.0 Å². The lowest BCUT2D eigenvalue weighted by molar-refractivity contribution is 0.102. The number of aromatic nitrogens is 3. The lowest BCUT2D eigenvalue weighted by Crippen LogP contribution is -2.13. The molecular formula is C21H16ClFN4O. The third-order valence-corrected chi connectivity index (χ3v) is 4.78. The first-order chi connectivity index (χ1) is 13.4. The highest BCUT2D eigenvalue weighted by Crippen LogP contribution is 2.27. The van der Waals surface area contributed by atoms with Gasteiger partial charge in [-0.3, -0.25) is 9.36 Å². The smallest absolute Gasteiger partial charge is 0.255 e. The van der Waals surface area contributed by atoms with E-state index in [2.05, 4.69) is 15.3 Å². The second-order valence-electron chi connectivity index (χ2n) is 6.42. The van der Waals surface area contributed by atoms with Gasteiger partial charge in [-0.25, -0.2) is 14.4 Å². The molecule has 5 nitrogen and oxygen atoms in total. The van der Waals surface area contributed by atoms with Crippen LogP contribution in [0.4, 0.5) is 10.1 Å². The number of carbonyl (C=O) groups excluding carboxylic acids is 1. The van der Waals surface area contributed by atoms with Crippen molar-refractivity contribution >= 4 is 34.4 Å². The van der Waals surface area contributed by atoms with Crippen LogP contribution in [0.5, 0.6) is 0 Å². The normalized spacial score (nSPS) is 11.0. The first kappa shape index (κ1) is 18.1. The van der Waals surface area contributed by atoms with Crippen LogP contribution in [0.25, 0.3) is 16.9 Å². The molecule has 0 aliphatic carbocycles. The Bertz CT molecular complexity index is 1220. The Hall–Kier alpha value is -3.25. The van der Waals surface area contributed by atoms with Gasteiger partial charge in [0.05, 0.1) is 10.7 Å². The molecule has 1 N–H and O–H groups in total. The lowest BCUT2D eigenvalue weighted by atomic mass is 10.1. The summed E-state index contributed by atoms with van der Waals surface area (Å²) in [5, 5.41) is 3.17. The number of hydrogen-bond acceptors (Lipinski definition) is 3. The van der Waals surface area contributed by atoms with Crippen LogP contribution in [0, 0.1) is 19.7 Å². The van der Waals surface area contributed by atoms with Gasteiger partial charge in [-0.05, 0) is 61.9 Å². The van der Waals surface area contributed by atoms with Crippen molar-refractivity contribution in [1.82, 2.24) is 14.5 Å². The minimum absolute atomic E-state index is 0.365. The van der Waals surface area contributed by atoms with Gasteiger partial charge < -0.3 is 5.32 Å². The molecule has 140 valence electrons. The molecule has 0 saturated heterocycles. The number of imidazole rings is 1. The van der Waals surface area contributed by atoms with E-state index in [4.69, 9.17) is 11.6 Å². The number of carbonyl (C=O) groups is 1. The number of halogens is 2. The van der Waals surface area contributed by atoms with Crippen molar-refractivity contribution in [2.45, 2.75) is 13.8 Å². The Labute approximate surface area is 165 Å². The Balaban J connectivity index is 1.73. The molecule has 0 fully saturated rings. The van der Waals surface area contributed by atoms with Crippen LogP contribution in [0.15, 0.2) is 54.7 Å². The fourth-order valence-corrected chi connectivity index (χ4v) is 3.22. The van der Waals surface area contributed by atoms with Gasteiger partial charge in [0.15, 0.2) is 5.65 Å². The zero-order valence-electron chi connectivity index (χ0n) is 15.2. The number of nitrogens with one attached hydrogen (secondary N) is 1. The molecule has 0 bridgehead atoms.